The second kappa shape index (κ2) is 8.57. The lowest BCUT2D eigenvalue weighted by Crippen LogP contribution is -2.30. The lowest BCUT2D eigenvalue weighted by atomic mass is 9.86. The molecule has 0 spiro atoms. The maximum absolute atomic E-state index is 10.5. The fourth-order valence-corrected chi connectivity index (χ4v) is 6.19. The van der Waals surface area contributed by atoms with E-state index in [2.05, 4.69) is 23.9 Å². The fourth-order valence-electron chi connectivity index (χ4n) is 4.42. The van der Waals surface area contributed by atoms with Crippen molar-refractivity contribution >= 4 is 17.7 Å². The van der Waals surface area contributed by atoms with E-state index in [9.17, 15) is 4.79 Å². The topological polar surface area (TPSA) is 46.5 Å². The summed E-state index contributed by atoms with van der Waals surface area (Å²) in [6.07, 6.45) is 16.7. The standard InChI is InChI=1S/C19H30O3S/c20-18(21)10-4-2-1-3-9-15-16-11-12-17(22-16)19(15)23-13-14-7-5-6-8-14/h1,3,14-17,19H,2,4-13H2,(H,20,21)/b3-1-/t15-,16+,17-,19-/m0/s1. The van der Waals surface area contributed by atoms with E-state index in [1.165, 1.54) is 44.3 Å². The Kier molecular flexibility index (Phi) is 6.46. The molecule has 4 heteroatoms. The molecule has 2 aliphatic heterocycles. The first-order valence-electron chi connectivity index (χ1n) is 9.38. The van der Waals surface area contributed by atoms with E-state index in [4.69, 9.17) is 9.84 Å². The summed E-state index contributed by atoms with van der Waals surface area (Å²) in [5.74, 6) is 2.27. The molecule has 3 nitrogen and oxygen atoms in total. The number of ether oxygens (including phenoxy) is 1. The molecule has 1 N–H and O–H groups in total. The van der Waals surface area contributed by atoms with Crippen LogP contribution in [0.4, 0.5) is 0 Å². The van der Waals surface area contributed by atoms with Crippen molar-refractivity contribution in [2.75, 3.05) is 5.75 Å². The van der Waals surface area contributed by atoms with Crippen molar-refractivity contribution in [1.82, 2.24) is 0 Å². The lowest BCUT2D eigenvalue weighted by Gasteiger charge is -2.27. The number of carbonyl (C=O) groups is 1. The second-order valence-electron chi connectivity index (χ2n) is 7.40. The molecule has 0 amide bonds. The summed E-state index contributed by atoms with van der Waals surface area (Å²) in [5, 5.41) is 9.35. The number of carboxylic acid groups (broad SMARTS) is 1. The van der Waals surface area contributed by atoms with Gasteiger partial charge in [-0.05, 0) is 56.6 Å². The van der Waals surface area contributed by atoms with Gasteiger partial charge in [0.1, 0.15) is 0 Å². The molecule has 1 aliphatic carbocycles. The number of carboxylic acids is 1. The number of hydrogen-bond acceptors (Lipinski definition) is 3. The van der Waals surface area contributed by atoms with Crippen molar-refractivity contribution in [1.29, 1.82) is 0 Å². The third kappa shape index (κ3) is 4.76. The van der Waals surface area contributed by atoms with Gasteiger partial charge in [0.25, 0.3) is 0 Å². The Hall–Kier alpha value is -0.480. The molecule has 2 heterocycles. The molecular formula is C19H30O3S. The number of thioether (sulfide) groups is 1. The van der Waals surface area contributed by atoms with Gasteiger partial charge in [0, 0.05) is 17.6 Å². The number of fused-ring (bicyclic) bond motifs is 2. The highest BCUT2D eigenvalue weighted by Crippen LogP contribution is 2.47. The number of rotatable bonds is 9. The maximum atomic E-state index is 10.5. The van der Waals surface area contributed by atoms with Crippen molar-refractivity contribution in [2.45, 2.75) is 81.7 Å². The highest BCUT2D eigenvalue weighted by molar-refractivity contribution is 8.00. The zero-order valence-electron chi connectivity index (χ0n) is 14.0. The number of allylic oxidation sites excluding steroid dienone is 2. The normalized spacial score (nSPS) is 33.9. The van der Waals surface area contributed by atoms with Crippen LogP contribution in [0, 0.1) is 11.8 Å². The molecule has 130 valence electrons. The van der Waals surface area contributed by atoms with Crippen LogP contribution >= 0.6 is 11.8 Å². The molecule has 0 unspecified atom stereocenters. The molecule has 0 aromatic carbocycles. The van der Waals surface area contributed by atoms with Crippen LogP contribution in [0.5, 0.6) is 0 Å². The third-order valence-corrected chi connectivity index (χ3v) is 7.39. The highest BCUT2D eigenvalue weighted by Gasteiger charge is 2.48. The third-order valence-electron chi connectivity index (χ3n) is 5.69. The van der Waals surface area contributed by atoms with E-state index in [1.54, 1.807) is 0 Å². The van der Waals surface area contributed by atoms with Crippen LogP contribution in [-0.2, 0) is 9.53 Å². The Labute approximate surface area is 144 Å². The van der Waals surface area contributed by atoms with Crippen molar-refractivity contribution in [3.8, 4) is 0 Å². The zero-order valence-corrected chi connectivity index (χ0v) is 14.8. The predicted octanol–water partition coefficient (Wildman–Crippen LogP) is 4.66. The van der Waals surface area contributed by atoms with Gasteiger partial charge in [0.15, 0.2) is 0 Å². The van der Waals surface area contributed by atoms with Crippen LogP contribution in [0.2, 0.25) is 0 Å². The average Bonchev–Trinajstić information content (AvgIpc) is 3.25. The van der Waals surface area contributed by atoms with Gasteiger partial charge < -0.3 is 9.84 Å². The molecule has 4 atom stereocenters. The first kappa shape index (κ1) is 17.3. The van der Waals surface area contributed by atoms with Crippen molar-refractivity contribution < 1.29 is 14.6 Å². The molecule has 23 heavy (non-hydrogen) atoms. The minimum absolute atomic E-state index is 0.279. The Morgan fingerprint density at radius 3 is 2.70 bits per heavy atom. The lowest BCUT2D eigenvalue weighted by molar-refractivity contribution is -0.137. The van der Waals surface area contributed by atoms with Crippen molar-refractivity contribution in [2.24, 2.45) is 11.8 Å². The first-order valence-corrected chi connectivity index (χ1v) is 10.4. The summed E-state index contributed by atoms with van der Waals surface area (Å²) in [5.41, 5.74) is 0. The molecule has 1 saturated carbocycles. The molecule has 3 fully saturated rings. The maximum Gasteiger partial charge on any atom is 0.303 e. The Morgan fingerprint density at radius 1 is 1.13 bits per heavy atom. The highest BCUT2D eigenvalue weighted by atomic mass is 32.2. The second-order valence-corrected chi connectivity index (χ2v) is 8.61. The number of hydrogen-bond donors (Lipinski definition) is 1. The first-order chi connectivity index (χ1) is 11.2. The van der Waals surface area contributed by atoms with E-state index in [-0.39, 0.29) is 6.42 Å². The Balaban J connectivity index is 1.42. The van der Waals surface area contributed by atoms with Crippen LogP contribution in [0.15, 0.2) is 12.2 Å². The van der Waals surface area contributed by atoms with Gasteiger partial charge in [-0.15, -0.1) is 0 Å². The van der Waals surface area contributed by atoms with Crippen LogP contribution in [0.3, 0.4) is 0 Å². The van der Waals surface area contributed by atoms with Gasteiger partial charge in [-0.2, -0.15) is 11.8 Å². The Morgan fingerprint density at radius 2 is 1.91 bits per heavy atom. The summed E-state index contributed by atoms with van der Waals surface area (Å²) in [7, 11) is 0. The molecule has 3 aliphatic rings. The van der Waals surface area contributed by atoms with E-state index >= 15 is 0 Å². The summed E-state index contributed by atoms with van der Waals surface area (Å²) < 4.78 is 6.19. The van der Waals surface area contributed by atoms with E-state index < -0.39 is 5.97 Å². The van der Waals surface area contributed by atoms with Gasteiger partial charge >= 0.3 is 5.97 Å². The summed E-state index contributed by atoms with van der Waals surface area (Å²) in [6.45, 7) is 0. The smallest absolute Gasteiger partial charge is 0.303 e. The minimum atomic E-state index is -0.691. The van der Waals surface area contributed by atoms with Gasteiger partial charge in [0.2, 0.25) is 0 Å². The molecular weight excluding hydrogens is 308 g/mol. The molecule has 2 saturated heterocycles. The molecule has 0 aromatic heterocycles. The molecule has 0 aromatic rings. The molecule has 3 rings (SSSR count). The van der Waals surface area contributed by atoms with Crippen molar-refractivity contribution in [3.63, 3.8) is 0 Å². The minimum Gasteiger partial charge on any atom is -0.481 e. The van der Waals surface area contributed by atoms with Crippen LogP contribution in [0.25, 0.3) is 0 Å². The van der Waals surface area contributed by atoms with Crippen molar-refractivity contribution in [3.05, 3.63) is 12.2 Å². The zero-order chi connectivity index (χ0) is 16.1. The average molecular weight is 339 g/mol. The van der Waals surface area contributed by atoms with Gasteiger partial charge in [-0.3, -0.25) is 4.79 Å². The Bertz CT molecular complexity index is 417. The van der Waals surface area contributed by atoms with Gasteiger partial charge in [-0.25, -0.2) is 0 Å². The fraction of sp³-hybridized carbons (Fsp3) is 0.842. The summed E-state index contributed by atoms with van der Waals surface area (Å²) >= 11 is 2.19. The summed E-state index contributed by atoms with van der Waals surface area (Å²) in [4.78, 5) is 10.5. The van der Waals surface area contributed by atoms with Crippen LogP contribution in [-0.4, -0.2) is 34.3 Å². The van der Waals surface area contributed by atoms with E-state index in [0.29, 0.717) is 23.4 Å². The van der Waals surface area contributed by atoms with Crippen LogP contribution in [0.1, 0.15) is 64.2 Å². The SMILES string of the molecule is O=C(O)CCC/C=C\C[C@@H]1[C@H](SCC2CCCC2)[C@@H]2CC[C@H]1O2. The van der Waals surface area contributed by atoms with Crippen LogP contribution < -0.4 is 0 Å². The monoisotopic (exact) mass is 338 g/mol. The number of unbranched alkanes of at least 4 members (excludes halogenated alkanes) is 1. The molecule has 0 radical (unpaired) electrons. The number of aliphatic carboxylic acids is 1. The van der Waals surface area contributed by atoms with E-state index in [1.807, 2.05) is 0 Å². The largest absolute Gasteiger partial charge is 0.481 e. The quantitative estimate of drug-likeness (QED) is 0.491. The van der Waals surface area contributed by atoms with Gasteiger partial charge in [0.05, 0.1) is 12.2 Å². The molecule has 2 bridgehead atoms. The van der Waals surface area contributed by atoms with Gasteiger partial charge in [-0.1, -0.05) is 25.0 Å². The predicted molar refractivity (Wildman–Crippen MR) is 94.8 cm³/mol. The summed E-state index contributed by atoms with van der Waals surface area (Å²) in [6, 6.07) is 0. The van der Waals surface area contributed by atoms with E-state index in [0.717, 1.165) is 25.2 Å².